The van der Waals surface area contributed by atoms with E-state index in [1.807, 2.05) is 0 Å². The Labute approximate surface area is 70.6 Å². The summed E-state index contributed by atoms with van der Waals surface area (Å²) in [4.78, 5) is 13.7. The quantitative estimate of drug-likeness (QED) is 0.524. The average Bonchev–Trinajstić information content (AvgIpc) is 2.62. The minimum Gasteiger partial charge on any atom is -0.482 e. The molecule has 66 valence electrons. The van der Waals surface area contributed by atoms with Crippen molar-refractivity contribution in [2.24, 2.45) is 4.99 Å². The van der Waals surface area contributed by atoms with Gasteiger partial charge in [-0.2, -0.15) is 5.26 Å². The Morgan fingerprint density at radius 3 is 2.83 bits per heavy atom. The van der Waals surface area contributed by atoms with E-state index in [1.165, 1.54) is 13.5 Å². The maximum atomic E-state index is 9.97. The van der Waals surface area contributed by atoms with Crippen molar-refractivity contribution >= 4 is 12.4 Å². The molecule has 0 amide bonds. The Morgan fingerprint density at radius 2 is 2.67 bits per heavy atom. The first-order valence-corrected chi connectivity index (χ1v) is 3.35. The van der Waals surface area contributed by atoms with E-state index in [-0.39, 0.29) is 6.42 Å². The molecule has 0 saturated carbocycles. The molecule has 5 heteroatoms. The highest BCUT2D eigenvalue weighted by Gasteiger charge is 1.93. The third-order valence-electron chi connectivity index (χ3n) is 0.938. The van der Waals surface area contributed by atoms with Crippen LogP contribution < -0.4 is 0 Å². The molecule has 12 heavy (non-hydrogen) atoms. The number of hydrogen-bond acceptors (Lipinski definition) is 5. The maximum Gasteiger partial charge on any atom is 0.319 e. The minimum absolute atomic E-state index is 0.156. The van der Waals surface area contributed by atoms with Crippen molar-refractivity contribution in [3.05, 3.63) is 0 Å². The molecule has 0 fully saturated rings. The van der Waals surface area contributed by atoms with Gasteiger partial charge in [0.05, 0.1) is 19.7 Å². The molecule has 0 N–H and O–H groups in total. The topological polar surface area (TPSA) is 71.7 Å². The van der Waals surface area contributed by atoms with Crippen LogP contribution in [0.2, 0.25) is 0 Å². The van der Waals surface area contributed by atoms with Gasteiger partial charge in [-0.3, -0.25) is 9.79 Å². The number of rotatable bonds is 1. The molecule has 5 nitrogen and oxygen atoms in total. The Bertz CT molecular complexity index is 189. The third-order valence-corrected chi connectivity index (χ3v) is 0.938. The highest BCUT2D eigenvalue weighted by atomic mass is 16.5. The lowest BCUT2D eigenvalue weighted by molar-refractivity contribution is -0.139. The fourth-order valence-corrected chi connectivity index (χ4v) is 0.400. The first-order valence-electron chi connectivity index (χ1n) is 3.35. The van der Waals surface area contributed by atoms with Crippen LogP contribution in [0.4, 0.5) is 0 Å². The van der Waals surface area contributed by atoms with E-state index in [0.29, 0.717) is 0 Å². The number of aliphatic imine (C=N–C) groups is 1. The largest absolute Gasteiger partial charge is 0.482 e. The SMILES string of the molecule is C1=NCCO1.COC(=O)CC#N. The van der Waals surface area contributed by atoms with Crippen LogP contribution in [0.1, 0.15) is 6.42 Å². The molecule has 1 rings (SSSR count). The van der Waals surface area contributed by atoms with Gasteiger partial charge < -0.3 is 9.47 Å². The van der Waals surface area contributed by atoms with E-state index in [9.17, 15) is 4.79 Å². The number of methoxy groups -OCH3 is 1. The summed E-state index contributed by atoms with van der Waals surface area (Å²) in [6.45, 7) is 1.62. The van der Waals surface area contributed by atoms with Crippen LogP contribution in [0.3, 0.4) is 0 Å². The maximum absolute atomic E-state index is 9.97. The van der Waals surface area contributed by atoms with Crippen LogP contribution in [0, 0.1) is 11.3 Å². The van der Waals surface area contributed by atoms with Crippen molar-refractivity contribution in [2.75, 3.05) is 20.3 Å². The zero-order valence-corrected chi connectivity index (χ0v) is 6.82. The van der Waals surface area contributed by atoms with E-state index in [1.54, 1.807) is 6.07 Å². The van der Waals surface area contributed by atoms with Gasteiger partial charge in [-0.05, 0) is 0 Å². The number of hydrogen-bond donors (Lipinski definition) is 0. The molecule has 0 radical (unpaired) electrons. The molecule has 0 spiro atoms. The minimum atomic E-state index is -0.484. The molecule has 0 aliphatic carbocycles. The summed E-state index contributed by atoms with van der Waals surface area (Å²) in [5.41, 5.74) is 0. The number of ether oxygens (including phenoxy) is 2. The monoisotopic (exact) mass is 170 g/mol. The van der Waals surface area contributed by atoms with Gasteiger partial charge in [0.1, 0.15) is 13.0 Å². The van der Waals surface area contributed by atoms with E-state index in [0.717, 1.165) is 13.2 Å². The first-order chi connectivity index (χ1) is 5.81. The predicted octanol–water partition coefficient (Wildman–Crippen LogP) is 0.118. The average molecular weight is 170 g/mol. The molecule has 0 atom stereocenters. The fraction of sp³-hybridized carbons (Fsp3) is 0.571. The molecule has 0 aromatic carbocycles. The van der Waals surface area contributed by atoms with Gasteiger partial charge in [0, 0.05) is 0 Å². The Balaban J connectivity index is 0.000000211. The Morgan fingerprint density at radius 1 is 1.92 bits per heavy atom. The van der Waals surface area contributed by atoms with Gasteiger partial charge in [-0.25, -0.2) is 0 Å². The molecule has 1 aliphatic heterocycles. The highest BCUT2D eigenvalue weighted by Crippen LogP contribution is 1.78. The fourth-order valence-electron chi connectivity index (χ4n) is 0.400. The Kier molecular flexibility index (Phi) is 6.55. The van der Waals surface area contributed by atoms with Crippen molar-refractivity contribution < 1.29 is 14.3 Å². The summed E-state index contributed by atoms with van der Waals surface area (Å²) in [5.74, 6) is -0.484. The van der Waals surface area contributed by atoms with Gasteiger partial charge >= 0.3 is 5.97 Å². The molecule has 0 aromatic rings. The smallest absolute Gasteiger partial charge is 0.319 e. The first kappa shape index (κ1) is 10.4. The summed E-state index contributed by atoms with van der Waals surface area (Å²) >= 11 is 0. The van der Waals surface area contributed by atoms with Crippen molar-refractivity contribution in [3.63, 3.8) is 0 Å². The summed E-state index contributed by atoms with van der Waals surface area (Å²) in [6, 6.07) is 1.64. The molecule has 1 aliphatic rings. The Hall–Kier alpha value is -1.57. The lowest BCUT2D eigenvalue weighted by Gasteiger charge is -1.85. The highest BCUT2D eigenvalue weighted by molar-refractivity contribution is 5.71. The number of carbonyl (C=O) groups is 1. The van der Waals surface area contributed by atoms with E-state index in [4.69, 9.17) is 5.26 Å². The summed E-state index contributed by atoms with van der Waals surface area (Å²) < 4.78 is 8.78. The van der Waals surface area contributed by atoms with Crippen molar-refractivity contribution in [1.29, 1.82) is 5.26 Å². The van der Waals surface area contributed by atoms with Crippen LogP contribution in [-0.2, 0) is 14.3 Å². The zero-order chi connectivity index (χ0) is 9.23. The van der Waals surface area contributed by atoms with Crippen LogP contribution in [0.5, 0.6) is 0 Å². The molecule has 0 unspecified atom stereocenters. The standard InChI is InChI=1S/C4H5NO2.C3H5NO/c1-7-4(6)2-3-5;1-2-5-3-4-1/h2H2,1H3;3H,1-2H2. The second kappa shape index (κ2) is 7.54. The molecule has 0 aromatic heterocycles. The number of nitriles is 1. The predicted molar refractivity (Wildman–Crippen MR) is 41.6 cm³/mol. The van der Waals surface area contributed by atoms with Crippen molar-refractivity contribution in [3.8, 4) is 6.07 Å². The van der Waals surface area contributed by atoms with Crippen LogP contribution in [0.15, 0.2) is 4.99 Å². The van der Waals surface area contributed by atoms with Gasteiger partial charge in [0.2, 0.25) is 0 Å². The lowest BCUT2D eigenvalue weighted by atomic mass is 10.5. The molecular weight excluding hydrogens is 160 g/mol. The van der Waals surface area contributed by atoms with Crippen LogP contribution in [-0.4, -0.2) is 32.6 Å². The molecule has 0 bridgehead atoms. The van der Waals surface area contributed by atoms with Gasteiger partial charge in [-0.1, -0.05) is 0 Å². The zero-order valence-electron chi connectivity index (χ0n) is 6.82. The summed E-state index contributed by atoms with van der Waals surface area (Å²) in [5, 5.41) is 7.82. The van der Waals surface area contributed by atoms with Crippen molar-refractivity contribution in [1.82, 2.24) is 0 Å². The summed E-state index contributed by atoms with van der Waals surface area (Å²) in [7, 11) is 1.25. The lowest BCUT2D eigenvalue weighted by Crippen LogP contribution is -1.96. The second-order valence-corrected chi connectivity index (χ2v) is 1.79. The van der Waals surface area contributed by atoms with Crippen molar-refractivity contribution in [2.45, 2.75) is 6.42 Å². The van der Waals surface area contributed by atoms with Gasteiger partial charge in [-0.15, -0.1) is 0 Å². The molecular formula is C7H10N2O3. The normalized spacial score (nSPS) is 12.0. The molecule has 1 heterocycles. The number of carbonyl (C=O) groups excluding carboxylic acids is 1. The molecule has 0 saturated heterocycles. The van der Waals surface area contributed by atoms with E-state index in [2.05, 4.69) is 14.5 Å². The van der Waals surface area contributed by atoms with Gasteiger partial charge in [0.25, 0.3) is 0 Å². The number of nitrogens with zero attached hydrogens (tertiary/aromatic N) is 2. The second-order valence-electron chi connectivity index (χ2n) is 1.79. The van der Waals surface area contributed by atoms with Gasteiger partial charge in [0.15, 0.2) is 6.40 Å². The number of esters is 1. The van der Waals surface area contributed by atoms with E-state index >= 15 is 0 Å². The third kappa shape index (κ3) is 6.55. The van der Waals surface area contributed by atoms with Crippen LogP contribution >= 0.6 is 0 Å². The summed E-state index contributed by atoms with van der Waals surface area (Å²) in [6.07, 6.45) is 1.33. The van der Waals surface area contributed by atoms with Crippen LogP contribution in [0.25, 0.3) is 0 Å². The van der Waals surface area contributed by atoms with E-state index < -0.39 is 5.97 Å².